The maximum absolute atomic E-state index is 12.5. The van der Waals surface area contributed by atoms with Crippen LogP contribution in [0.4, 0.5) is 0 Å². The van der Waals surface area contributed by atoms with E-state index in [0.29, 0.717) is 22.6 Å². The lowest BCUT2D eigenvalue weighted by Gasteiger charge is -2.45. The summed E-state index contributed by atoms with van der Waals surface area (Å²) >= 11 is 0. The molecular formula is C19H22N2O4. The lowest BCUT2D eigenvalue weighted by molar-refractivity contribution is -0.137. The highest BCUT2D eigenvalue weighted by Gasteiger charge is 2.47. The molecule has 3 rings (SSSR count). The van der Waals surface area contributed by atoms with Crippen molar-refractivity contribution in [3.8, 4) is 11.8 Å². The largest absolute Gasteiger partial charge is 0.493 e. The zero-order chi connectivity index (χ0) is 18.4. The Kier molecular flexibility index (Phi) is 4.21. The van der Waals surface area contributed by atoms with Crippen molar-refractivity contribution in [2.45, 2.75) is 51.5 Å². The molecule has 0 unspecified atom stereocenters. The number of aliphatic hydroxyl groups excluding tert-OH is 1. The first-order valence-corrected chi connectivity index (χ1v) is 8.32. The number of fused-ring (bicyclic) bond motifs is 1. The first kappa shape index (κ1) is 17.3. The summed E-state index contributed by atoms with van der Waals surface area (Å²) < 4.78 is 11.6. The van der Waals surface area contributed by atoms with Crippen LogP contribution in [0.5, 0.6) is 5.75 Å². The normalized spacial score (nSPS) is 24.4. The summed E-state index contributed by atoms with van der Waals surface area (Å²) in [4.78, 5) is 14.1. The highest BCUT2D eigenvalue weighted by Crippen LogP contribution is 2.44. The Morgan fingerprint density at radius 1 is 1.44 bits per heavy atom. The zero-order valence-corrected chi connectivity index (χ0v) is 14.8. The van der Waals surface area contributed by atoms with E-state index in [4.69, 9.17) is 9.47 Å². The second kappa shape index (κ2) is 6.08. The van der Waals surface area contributed by atoms with Crippen LogP contribution in [0, 0.1) is 11.3 Å². The van der Waals surface area contributed by atoms with Gasteiger partial charge in [-0.2, -0.15) is 5.26 Å². The third-order valence-electron chi connectivity index (χ3n) is 4.46. The third-order valence-corrected chi connectivity index (χ3v) is 4.46. The van der Waals surface area contributed by atoms with Gasteiger partial charge < -0.3 is 19.5 Å². The molecule has 1 N–H and O–H groups in total. The Morgan fingerprint density at radius 3 is 2.80 bits per heavy atom. The van der Waals surface area contributed by atoms with Gasteiger partial charge in [-0.3, -0.25) is 4.79 Å². The molecular weight excluding hydrogens is 320 g/mol. The Hall–Kier alpha value is -2.52. The van der Waals surface area contributed by atoms with Gasteiger partial charge in [-0.15, -0.1) is 0 Å². The SMILES string of the molecule is CC(C)OC1=CC(=O)N([C@@H]2c3cc(C#N)ccc3OC(C)(C)[C@H]2O)C1. The van der Waals surface area contributed by atoms with Crippen LogP contribution in [-0.4, -0.2) is 40.3 Å². The molecule has 1 aromatic rings. The lowest BCUT2D eigenvalue weighted by Crippen LogP contribution is -2.54. The summed E-state index contributed by atoms with van der Waals surface area (Å²) in [6.45, 7) is 7.64. The molecule has 2 aliphatic heterocycles. The van der Waals surface area contributed by atoms with Gasteiger partial charge in [-0.1, -0.05) is 0 Å². The van der Waals surface area contributed by atoms with E-state index in [1.165, 1.54) is 6.08 Å². The minimum Gasteiger partial charge on any atom is -0.493 e. The fraction of sp³-hybridized carbons (Fsp3) is 0.474. The van der Waals surface area contributed by atoms with Gasteiger partial charge in [0.05, 0.1) is 30.3 Å². The average Bonchev–Trinajstić information content (AvgIpc) is 2.87. The van der Waals surface area contributed by atoms with Gasteiger partial charge in [0.15, 0.2) is 0 Å². The van der Waals surface area contributed by atoms with Crippen molar-refractivity contribution in [1.29, 1.82) is 5.26 Å². The van der Waals surface area contributed by atoms with E-state index in [1.54, 1.807) is 36.9 Å². The van der Waals surface area contributed by atoms with Gasteiger partial charge >= 0.3 is 0 Å². The summed E-state index contributed by atoms with van der Waals surface area (Å²) in [6.07, 6.45) is 0.487. The van der Waals surface area contributed by atoms with Crippen molar-refractivity contribution in [3.05, 3.63) is 41.2 Å². The van der Waals surface area contributed by atoms with Crippen molar-refractivity contribution in [3.63, 3.8) is 0 Å². The van der Waals surface area contributed by atoms with Crippen LogP contribution in [0.15, 0.2) is 30.0 Å². The van der Waals surface area contributed by atoms with E-state index >= 15 is 0 Å². The van der Waals surface area contributed by atoms with Crippen LogP contribution in [-0.2, 0) is 9.53 Å². The van der Waals surface area contributed by atoms with E-state index in [1.807, 2.05) is 13.8 Å². The van der Waals surface area contributed by atoms with E-state index in [9.17, 15) is 15.2 Å². The number of hydrogen-bond acceptors (Lipinski definition) is 5. The number of aliphatic hydroxyl groups is 1. The molecule has 132 valence electrons. The third kappa shape index (κ3) is 3.08. The fourth-order valence-corrected chi connectivity index (χ4v) is 3.30. The smallest absolute Gasteiger partial charge is 0.251 e. The summed E-state index contributed by atoms with van der Waals surface area (Å²) in [6, 6.07) is 6.54. The standard InChI is InChI=1S/C19H22N2O4/c1-11(2)24-13-8-16(22)21(10-13)17-14-7-12(9-20)5-6-15(14)25-19(3,4)18(17)23/h5-8,11,17-18,23H,10H2,1-4H3/t17-,18+/m1/s1. The molecule has 0 bridgehead atoms. The highest BCUT2D eigenvalue weighted by molar-refractivity contribution is 5.91. The number of nitrogens with zero attached hydrogens (tertiary/aromatic N) is 2. The van der Waals surface area contributed by atoms with Gasteiger partial charge in [0.2, 0.25) is 0 Å². The minimum absolute atomic E-state index is 0.0347. The molecule has 0 aromatic heterocycles. The predicted octanol–water partition coefficient (Wildman–Crippen LogP) is 2.28. The van der Waals surface area contributed by atoms with E-state index in [-0.39, 0.29) is 18.6 Å². The van der Waals surface area contributed by atoms with Crippen LogP contribution in [0.3, 0.4) is 0 Å². The molecule has 2 heterocycles. The monoisotopic (exact) mass is 342 g/mol. The number of amides is 1. The zero-order valence-electron chi connectivity index (χ0n) is 14.8. The van der Waals surface area contributed by atoms with Crippen molar-refractivity contribution < 1.29 is 19.4 Å². The molecule has 0 saturated carbocycles. The van der Waals surface area contributed by atoms with E-state index in [0.717, 1.165) is 0 Å². The number of nitriles is 1. The molecule has 1 aromatic carbocycles. The summed E-state index contributed by atoms with van der Waals surface area (Å²) in [5.41, 5.74) is 0.226. The highest BCUT2D eigenvalue weighted by atomic mass is 16.5. The maximum atomic E-state index is 12.5. The molecule has 0 aliphatic carbocycles. The van der Waals surface area contributed by atoms with Crippen LogP contribution >= 0.6 is 0 Å². The Balaban J connectivity index is 2.01. The molecule has 6 heteroatoms. The second-order valence-electron chi connectivity index (χ2n) is 7.20. The Labute approximate surface area is 147 Å². The molecule has 1 amide bonds. The van der Waals surface area contributed by atoms with Crippen LogP contribution < -0.4 is 4.74 Å². The quantitative estimate of drug-likeness (QED) is 0.911. The summed E-state index contributed by atoms with van der Waals surface area (Å²) in [5.74, 6) is 0.936. The summed E-state index contributed by atoms with van der Waals surface area (Å²) in [5, 5.41) is 20.1. The number of carbonyl (C=O) groups excluding carboxylic acids is 1. The van der Waals surface area contributed by atoms with E-state index in [2.05, 4.69) is 6.07 Å². The van der Waals surface area contributed by atoms with Crippen molar-refractivity contribution in [2.24, 2.45) is 0 Å². The topological polar surface area (TPSA) is 82.8 Å². The minimum atomic E-state index is -0.940. The number of ether oxygens (including phenoxy) is 2. The molecule has 0 saturated heterocycles. The molecule has 2 atom stereocenters. The van der Waals surface area contributed by atoms with Crippen molar-refractivity contribution >= 4 is 5.91 Å². The summed E-state index contributed by atoms with van der Waals surface area (Å²) in [7, 11) is 0. The lowest BCUT2D eigenvalue weighted by atomic mass is 9.85. The first-order chi connectivity index (χ1) is 11.7. The molecule has 6 nitrogen and oxygen atoms in total. The van der Waals surface area contributed by atoms with Crippen molar-refractivity contribution in [2.75, 3.05) is 6.54 Å². The second-order valence-corrected chi connectivity index (χ2v) is 7.20. The van der Waals surface area contributed by atoms with Gasteiger partial charge in [-0.05, 0) is 45.9 Å². The van der Waals surface area contributed by atoms with Crippen molar-refractivity contribution in [1.82, 2.24) is 4.90 Å². The number of hydrogen-bond donors (Lipinski definition) is 1. The predicted molar refractivity (Wildman–Crippen MR) is 90.6 cm³/mol. The van der Waals surface area contributed by atoms with E-state index < -0.39 is 17.7 Å². The maximum Gasteiger partial charge on any atom is 0.251 e. The van der Waals surface area contributed by atoms with Gasteiger partial charge in [0, 0.05) is 11.6 Å². The molecule has 0 spiro atoms. The van der Waals surface area contributed by atoms with Crippen LogP contribution in [0.1, 0.15) is 44.9 Å². The average molecular weight is 342 g/mol. The van der Waals surface area contributed by atoms with Gasteiger partial charge in [0.1, 0.15) is 23.2 Å². The molecule has 0 fully saturated rings. The Bertz CT molecular complexity index is 776. The number of benzene rings is 1. The number of rotatable bonds is 3. The first-order valence-electron chi connectivity index (χ1n) is 8.32. The fourth-order valence-electron chi connectivity index (χ4n) is 3.30. The van der Waals surface area contributed by atoms with Gasteiger partial charge in [0.25, 0.3) is 5.91 Å². The van der Waals surface area contributed by atoms with Crippen LogP contribution in [0.25, 0.3) is 0 Å². The molecule has 2 aliphatic rings. The van der Waals surface area contributed by atoms with Gasteiger partial charge in [-0.25, -0.2) is 0 Å². The molecule has 25 heavy (non-hydrogen) atoms. The number of carbonyl (C=O) groups is 1. The van der Waals surface area contributed by atoms with Crippen LogP contribution in [0.2, 0.25) is 0 Å². The molecule has 0 radical (unpaired) electrons. The Morgan fingerprint density at radius 2 is 2.16 bits per heavy atom.